The quantitative estimate of drug-likeness (QED) is 0.609. The highest BCUT2D eigenvalue weighted by atomic mass is 32.2. The normalized spacial score (nSPS) is 15.3. The van der Waals surface area contributed by atoms with Crippen LogP contribution in [0.5, 0.6) is 11.5 Å². The van der Waals surface area contributed by atoms with E-state index in [0.29, 0.717) is 17.9 Å². The number of halogens is 1. The van der Waals surface area contributed by atoms with E-state index in [1.807, 2.05) is 6.92 Å². The highest BCUT2D eigenvalue weighted by Gasteiger charge is 2.29. The molecule has 2 aromatic rings. The van der Waals surface area contributed by atoms with Gasteiger partial charge >= 0.3 is 0 Å². The van der Waals surface area contributed by atoms with E-state index in [2.05, 4.69) is 0 Å². The molecule has 0 aromatic heterocycles. The van der Waals surface area contributed by atoms with Crippen LogP contribution >= 0.6 is 0 Å². The Hall–Kier alpha value is -2.91. The third-order valence-electron chi connectivity index (χ3n) is 4.92. The number of piperazine rings is 1. The lowest BCUT2D eigenvalue weighted by Crippen LogP contribution is -2.50. The largest absolute Gasteiger partial charge is 0.494 e. The van der Waals surface area contributed by atoms with Gasteiger partial charge in [0.05, 0.1) is 18.6 Å². The number of methoxy groups -OCH3 is 1. The number of sulfonamides is 1. The molecule has 0 spiro atoms. The Balaban J connectivity index is 1.59. The van der Waals surface area contributed by atoms with Crippen molar-refractivity contribution in [1.82, 2.24) is 9.21 Å². The lowest BCUT2D eigenvalue weighted by Gasteiger charge is -2.33. The van der Waals surface area contributed by atoms with E-state index in [1.165, 1.54) is 47.8 Å². The van der Waals surface area contributed by atoms with Gasteiger partial charge < -0.3 is 14.4 Å². The molecule has 0 N–H and O–H groups in total. The number of nitrogens with zero attached hydrogens (tertiary/aromatic N) is 2. The van der Waals surface area contributed by atoms with Crippen molar-refractivity contribution in [2.24, 2.45) is 0 Å². The summed E-state index contributed by atoms with van der Waals surface area (Å²) in [5.41, 5.74) is 0.531. The minimum Gasteiger partial charge on any atom is -0.494 e. The van der Waals surface area contributed by atoms with Crippen LogP contribution in [0.3, 0.4) is 0 Å². The van der Waals surface area contributed by atoms with Gasteiger partial charge in [-0.1, -0.05) is 6.07 Å². The minimum absolute atomic E-state index is 0.133. The van der Waals surface area contributed by atoms with Gasteiger partial charge in [-0.25, -0.2) is 12.8 Å². The molecule has 0 bridgehead atoms. The zero-order chi connectivity index (χ0) is 22.4. The molecular formula is C22H25FN2O5S. The van der Waals surface area contributed by atoms with Gasteiger partial charge in [-0.05, 0) is 55.0 Å². The number of rotatable bonds is 7. The molecule has 3 rings (SSSR count). The molecule has 0 unspecified atom stereocenters. The van der Waals surface area contributed by atoms with Gasteiger partial charge in [0.25, 0.3) is 0 Å². The van der Waals surface area contributed by atoms with Crippen molar-refractivity contribution in [1.29, 1.82) is 0 Å². The lowest BCUT2D eigenvalue weighted by molar-refractivity contribution is -0.127. The number of hydrogen-bond donors (Lipinski definition) is 0. The van der Waals surface area contributed by atoms with Crippen LogP contribution in [-0.2, 0) is 14.8 Å². The van der Waals surface area contributed by atoms with E-state index in [4.69, 9.17) is 9.47 Å². The number of ether oxygens (including phenoxy) is 2. The van der Waals surface area contributed by atoms with Crippen molar-refractivity contribution in [3.63, 3.8) is 0 Å². The van der Waals surface area contributed by atoms with Gasteiger partial charge in [-0.3, -0.25) is 4.79 Å². The molecule has 0 radical (unpaired) electrons. The fourth-order valence-electron chi connectivity index (χ4n) is 3.23. The Kier molecular flexibility index (Phi) is 7.29. The fourth-order valence-corrected chi connectivity index (χ4v) is 4.65. The molecule has 0 atom stereocenters. The highest BCUT2D eigenvalue weighted by Crippen LogP contribution is 2.21. The maximum absolute atomic E-state index is 13.8. The van der Waals surface area contributed by atoms with Gasteiger partial charge in [0.2, 0.25) is 15.9 Å². The Morgan fingerprint density at radius 3 is 2.35 bits per heavy atom. The Morgan fingerprint density at radius 1 is 1.10 bits per heavy atom. The number of carbonyl (C=O) groups is 1. The summed E-state index contributed by atoms with van der Waals surface area (Å²) in [5.74, 6) is -0.0201. The fraction of sp³-hybridized carbons (Fsp3) is 0.318. The van der Waals surface area contributed by atoms with Crippen LogP contribution in [0, 0.1) is 5.82 Å². The van der Waals surface area contributed by atoms with E-state index in [9.17, 15) is 17.6 Å². The predicted octanol–water partition coefficient (Wildman–Crippen LogP) is 2.78. The maximum atomic E-state index is 13.8. The van der Waals surface area contributed by atoms with E-state index in [1.54, 1.807) is 23.1 Å². The minimum atomic E-state index is -3.64. The predicted molar refractivity (Wildman–Crippen MR) is 115 cm³/mol. The number of amides is 1. The van der Waals surface area contributed by atoms with Crippen LogP contribution < -0.4 is 9.47 Å². The van der Waals surface area contributed by atoms with Crippen molar-refractivity contribution in [2.45, 2.75) is 11.8 Å². The van der Waals surface area contributed by atoms with Crippen LogP contribution in [0.4, 0.5) is 4.39 Å². The molecule has 31 heavy (non-hydrogen) atoms. The molecule has 9 heteroatoms. The summed E-state index contributed by atoms with van der Waals surface area (Å²) in [6.45, 7) is 3.31. The van der Waals surface area contributed by atoms with Crippen LogP contribution in [0.1, 0.15) is 12.5 Å². The second-order valence-corrected chi connectivity index (χ2v) is 8.80. The highest BCUT2D eigenvalue weighted by molar-refractivity contribution is 7.89. The molecule has 166 valence electrons. The topological polar surface area (TPSA) is 76.2 Å². The van der Waals surface area contributed by atoms with E-state index in [-0.39, 0.29) is 42.7 Å². The summed E-state index contributed by atoms with van der Waals surface area (Å²) < 4.78 is 51.0. The Labute approximate surface area is 181 Å². The van der Waals surface area contributed by atoms with Crippen molar-refractivity contribution >= 4 is 22.0 Å². The second-order valence-electron chi connectivity index (χ2n) is 6.86. The molecule has 1 aliphatic rings. The number of carbonyl (C=O) groups excluding carboxylic acids is 1. The standard InChI is InChI=1S/C22H25FN2O5S/c1-3-30-18-6-8-19(9-7-18)31(27,28)25-14-12-24(13-15-25)22(26)11-5-17-4-10-21(29-2)20(23)16-17/h4-11,16H,3,12-15H2,1-2H3/b11-5+. The number of hydrogen-bond acceptors (Lipinski definition) is 5. The van der Waals surface area contributed by atoms with Gasteiger partial charge in [-0.2, -0.15) is 4.31 Å². The summed E-state index contributed by atoms with van der Waals surface area (Å²) in [7, 11) is -2.26. The molecule has 1 fully saturated rings. The summed E-state index contributed by atoms with van der Waals surface area (Å²) in [4.78, 5) is 14.2. The average Bonchev–Trinajstić information content (AvgIpc) is 2.78. The maximum Gasteiger partial charge on any atom is 0.246 e. The molecule has 7 nitrogen and oxygen atoms in total. The summed E-state index contributed by atoms with van der Waals surface area (Å²) in [6, 6.07) is 10.7. The van der Waals surface area contributed by atoms with Crippen LogP contribution in [0.15, 0.2) is 53.4 Å². The average molecular weight is 449 g/mol. The monoisotopic (exact) mass is 448 g/mol. The molecule has 1 amide bonds. The summed E-state index contributed by atoms with van der Waals surface area (Å²) in [6.07, 6.45) is 2.88. The van der Waals surface area contributed by atoms with Crippen molar-refractivity contribution in [3.05, 3.63) is 59.9 Å². The molecule has 1 aliphatic heterocycles. The summed E-state index contributed by atoms with van der Waals surface area (Å²) >= 11 is 0. The van der Waals surface area contributed by atoms with Gasteiger partial charge in [0.15, 0.2) is 11.6 Å². The first-order chi connectivity index (χ1) is 14.8. The first-order valence-electron chi connectivity index (χ1n) is 9.88. The zero-order valence-corrected chi connectivity index (χ0v) is 18.3. The van der Waals surface area contributed by atoms with Gasteiger partial charge in [-0.15, -0.1) is 0 Å². The third kappa shape index (κ3) is 5.42. The van der Waals surface area contributed by atoms with Crippen molar-refractivity contribution in [2.75, 3.05) is 39.9 Å². The van der Waals surface area contributed by atoms with E-state index >= 15 is 0 Å². The summed E-state index contributed by atoms with van der Waals surface area (Å²) in [5, 5.41) is 0. The Morgan fingerprint density at radius 2 is 1.77 bits per heavy atom. The zero-order valence-electron chi connectivity index (χ0n) is 17.5. The van der Waals surface area contributed by atoms with Gasteiger partial charge in [0.1, 0.15) is 5.75 Å². The molecule has 2 aromatic carbocycles. The smallest absolute Gasteiger partial charge is 0.246 e. The lowest BCUT2D eigenvalue weighted by atomic mass is 10.2. The molecule has 0 aliphatic carbocycles. The third-order valence-corrected chi connectivity index (χ3v) is 6.83. The molecular weight excluding hydrogens is 423 g/mol. The van der Waals surface area contributed by atoms with Crippen molar-refractivity contribution in [3.8, 4) is 11.5 Å². The van der Waals surface area contributed by atoms with Crippen LogP contribution in [-0.4, -0.2) is 63.4 Å². The molecule has 1 heterocycles. The molecule has 0 saturated carbocycles. The molecule has 1 saturated heterocycles. The van der Waals surface area contributed by atoms with Crippen molar-refractivity contribution < 1.29 is 27.1 Å². The van der Waals surface area contributed by atoms with E-state index in [0.717, 1.165) is 0 Å². The van der Waals surface area contributed by atoms with Gasteiger partial charge in [0, 0.05) is 32.3 Å². The Bertz CT molecular complexity index is 1050. The SMILES string of the molecule is CCOc1ccc(S(=O)(=O)N2CCN(C(=O)/C=C/c3ccc(OC)c(F)c3)CC2)cc1. The number of benzene rings is 2. The second kappa shape index (κ2) is 9.93. The first-order valence-corrected chi connectivity index (χ1v) is 11.3. The first kappa shape index (κ1) is 22.8. The van der Waals surface area contributed by atoms with E-state index < -0.39 is 15.8 Å². The van der Waals surface area contributed by atoms with Crippen LogP contribution in [0.2, 0.25) is 0 Å². The van der Waals surface area contributed by atoms with Crippen LogP contribution in [0.25, 0.3) is 6.08 Å².